The summed E-state index contributed by atoms with van der Waals surface area (Å²) in [4.78, 5) is 12.3. The monoisotopic (exact) mass is 371 g/mol. The number of hydrogen-bond donors (Lipinski definition) is 2. The normalized spacial score (nSPS) is 11.5. The summed E-state index contributed by atoms with van der Waals surface area (Å²) in [7, 11) is 0. The van der Waals surface area contributed by atoms with Crippen molar-refractivity contribution in [2.24, 2.45) is 5.10 Å². The van der Waals surface area contributed by atoms with E-state index >= 15 is 0 Å². The number of rotatable bonds is 4. The van der Waals surface area contributed by atoms with E-state index < -0.39 is 5.91 Å². The second-order valence-electron chi connectivity index (χ2n) is 6.26. The maximum atomic E-state index is 12.3. The van der Waals surface area contributed by atoms with Gasteiger partial charge in [-0.25, -0.2) is 5.43 Å². The number of aromatic hydroxyl groups is 1. The molecule has 3 aromatic carbocycles. The largest absolute Gasteiger partial charge is 0.507 e. The van der Waals surface area contributed by atoms with Crippen molar-refractivity contribution in [2.45, 2.75) is 6.92 Å². The maximum absolute atomic E-state index is 12.3. The molecule has 0 saturated heterocycles. The third kappa shape index (κ3) is 3.35. The fourth-order valence-electron chi connectivity index (χ4n) is 2.92. The van der Waals surface area contributed by atoms with Gasteiger partial charge < -0.3 is 9.63 Å². The Balaban J connectivity index is 1.53. The highest BCUT2D eigenvalue weighted by molar-refractivity contribution is 6.07. The van der Waals surface area contributed by atoms with Crippen molar-refractivity contribution in [3.63, 3.8) is 0 Å². The van der Waals surface area contributed by atoms with Gasteiger partial charge in [-0.3, -0.25) is 4.79 Å². The zero-order valence-corrected chi connectivity index (χ0v) is 15.1. The molecule has 1 heterocycles. The van der Waals surface area contributed by atoms with Gasteiger partial charge >= 0.3 is 0 Å². The van der Waals surface area contributed by atoms with Crippen LogP contribution in [-0.4, -0.2) is 21.9 Å². The van der Waals surface area contributed by atoms with Gasteiger partial charge in [0.25, 0.3) is 5.91 Å². The second-order valence-corrected chi connectivity index (χ2v) is 6.26. The molecule has 138 valence electrons. The SMILES string of the molecule is CC(=NNC(=O)c1cc(-c2ccccc2)on1)c1ccc2ccccc2c1O. The van der Waals surface area contributed by atoms with Crippen LogP contribution in [0.25, 0.3) is 22.1 Å². The number of nitrogens with zero attached hydrogens (tertiary/aromatic N) is 2. The number of benzene rings is 3. The van der Waals surface area contributed by atoms with E-state index in [1.165, 1.54) is 0 Å². The molecule has 2 N–H and O–H groups in total. The molecule has 0 unspecified atom stereocenters. The van der Waals surface area contributed by atoms with Gasteiger partial charge in [-0.1, -0.05) is 65.8 Å². The minimum atomic E-state index is -0.495. The quantitative estimate of drug-likeness (QED) is 0.412. The van der Waals surface area contributed by atoms with E-state index in [2.05, 4.69) is 15.7 Å². The van der Waals surface area contributed by atoms with Crippen LogP contribution in [0.5, 0.6) is 5.75 Å². The first-order chi connectivity index (χ1) is 13.6. The second kappa shape index (κ2) is 7.36. The Kier molecular flexibility index (Phi) is 4.60. The predicted octanol–water partition coefficient (Wildman–Crippen LogP) is 4.35. The third-order valence-electron chi connectivity index (χ3n) is 4.42. The van der Waals surface area contributed by atoms with Gasteiger partial charge in [0.05, 0.1) is 5.71 Å². The highest BCUT2D eigenvalue weighted by atomic mass is 16.5. The van der Waals surface area contributed by atoms with Crippen molar-refractivity contribution in [2.75, 3.05) is 0 Å². The summed E-state index contributed by atoms with van der Waals surface area (Å²) in [6, 6.07) is 22.1. The first-order valence-corrected chi connectivity index (χ1v) is 8.71. The van der Waals surface area contributed by atoms with E-state index in [1.807, 2.05) is 60.7 Å². The number of hydrogen-bond acceptors (Lipinski definition) is 5. The number of nitrogens with one attached hydrogen (secondary N) is 1. The molecule has 0 fully saturated rings. The molecule has 0 atom stereocenters. The van der Waals surface area contributed by atoms with Gasteiger partial charge in [0.1, 0.15) is 5.75 Å². The maximum Gasteiger partial charge on any atom is 0.293 e. The molecule has 0 aliphatic heterocycles. The van der Waals surface area contributed by atoms with Crippen molar-refractivity contribution in [3.8, 4) is 17.1 Å². The smallest absolute Gasteiger partial charge is 0.293 e. The Labute approximate surface area is 161 Å². The standard InChI is InChI=1S/C22H17N3O3/c1-14(17-12-11-15-7-5-6-10-18(15)21(17)26)23-24-22(27)19-13-20(28-25-19)16-8-3-2-4-9-16/h2-13,26H,1H3,(H,24,27). The molecular weight excluding hydrogens is 354 g/mol. The number of aromatic nitrogens is 1. The fraction of sp³-hybridized carbons (Fsp3) is 0.0455. The van der Waals surface area contributed by atoms with Crippen LogP contribution in [0.4, 0.5) is 0 Å². The van der Waals surface area contributed by atoms with Crippen molar-refractivity contribution < 1.29 is 14.4 Å². The first-order valence-electron chi connectivity index (χ1n) is 8.71. The van der Waals surface area contributed by atoms with Crippen LogP contribution in [0.2, 0.25) is 0 Å². The lowest BCUT2D eigenvalue weighted by Crippen LogP contribution is -2.19. The molecule has 4 rings (SSSR count). The van der Waals surface area contributed by atoms with Crippen LogP contribution >= 0.6 is 0 Å². The number of hydrazone groups is 1. The zero-order valence-electron chi connectivity index (χ0n) is 15.1. The van der Waals surface area contributed by atoms with Crippen LogP contribution in [-0.2, 0) is 0 Å². The minimum Gasteiger partial charge on any atom is -0.507 e. The summed E-state index contributed by atoms with van der Waals surface area (Å²) in [5, 5.41) is 20.1. The van der Waals surface area contributed by atoms with Gasteiger partial charge in [0.15, 0.2) is 11.5 Å². The number of carbonyl (C=O) groups is 1. The number of phenols is 1. The molecule has 4 aromatic rings. The summed E-state index contributed by atoms with van der Waals surface area (Å²) >= 11 is 0. The molecule has 0 spiro atoms. The molecule has 1 amide bonds. The summed E-state index contributed by atoms with van der Waals surface area (Å²) < 4.78 is 5.23. The van der Waals surface area contributed by atoms with E-state index in [0.29, 0.717) is 17.0 Å². The van der Waals surface area contributed by atoms with E-state index in [1.54, 1.807) is 19.1 Å². The van der Waals surface area contributed by atoms with Crippen LogP contribution in [0.15, 0.2) is 82.4 Å². The van der Waals surface area contributed by atoms with Gasteiger partial charge in [-0.05, 0) is 18.4 Å². The molecule has 1 aromatic heterocycles. The predicted molar refractivity (Wildman–Crippen MR) is 107 cm³/mol. The Morgan fingerprint density at radius 1 is 1.04 bits per heavy atom. The first kappa shape index (κ1) is 17.5. The molecule has 0 bridgehead atoms. The molecule has 6 nitrogen and oxygen atoms in total. The van der Waals surface area contributed by atoms with E-state index in [4.69, 9.17) is 4.52 Å². The Hall–Kier alpha value is -3.93. The minimum absolute atomic E-state index is 0.123. The number of fused-ring (bicyclic) bond motifs is 1. The van der Waals surface area contributed by atoms with Crippen molar-refractivity contribution in [1.82, 2.24) is 10.6 Å². The Bertz CT molecular complexity index is 1180. The van der Waals surface area contributed by atoms with E-state index in [-0.39, 0.29) is 11.4 Å². The highest BCUT2D eigenvalue weighted by Gasteiger charge is 2.14. The Morgan fingerprint density at radius 3 is 2.61 bits per heavy atom. The molecular formula is C22H17N3O3. The van der Waals surface area contributed by atoms with Crippen molar-refractivity contribution in [1.29, 1.82) is 0 Å². The van der Waals surface area contributed by atoms with Gasteiger partial charge in [-0.2, -0.15) is 5.10 Å². The summed E-state index contributed by atoms with van der Waals surface area (Å²) in [6.07, 6.45) is 0. The number of phenolic OH excluding ortho intramolecular Hbond substituents is 1. The molecule has 0 saturated carbocycles. The topological polar surface area (TPSA) is 87.7 Å². The van der Waals surface area contributed by atoms with Gasteiger partial charge in [0, 0.05) is 22.6 Å². The third-order valence-corrected chi connectivity index (χ3v) is 4.42. The summed E-state index contributed by atoms with van der Waals surface area (Å²) in [5.74, 6) is 0.130. The van der Waals surface area contributed by atoms with Crippen LogP contribution in [0, 0.1) is 0 Å². The lowest BCUT2D eigenvalue weighted by atomic mass is 10.0. The van der Waals surface area contributed by atoms with Crippen molar-refractivity contribution in [3.05, 3.63) is 84.1 Å². The molecule has 0 aliphatic carbocycles. The van der Waals surface area contributed by atoms with Gasteiger partial charge in [-0.15, -0.1) is 0 Å². The molecule has 0 radical (unpaired) electrons. The van der Waals surface area contributed by atoms with E-state index in [9.17, 15) is 9.90 Å². The molecule has 28 heavy (non-hydrogen) atoms. The lowest BCUT2D eigenvalue weighted by Gasteiger charge is -2.07. The number of amides is 1. The van der Waals surface area contributed by atoms with Crippen molar-refractivity contribution >= 4 is 22.4 Å². The van der Waals surface area contributed by atoms with Crippen LogP contribution in [0.1, 0.15) is 23.0 Å². The highest BCUT2D eigenvalue weighted by Crippen LogP contribution is 2.29. The fourth-order valence-corrected chi connectivity index (χ4v) is 2.92. The average molecular weight is 371 g/mol. The Morgan fingerprint density at radius 2 is 1.79 bits per heavy atom. The zero-order chi connectivity index (χ0) is 19.5. The van der Waals surface area contributed by atoms with Gasteiger partial charge in [0.2, 0.25) is 0 Å². The van der Waals surface area contributed by atoms with Crippen LogP contribution < -0.4 is 5.43 Å². The molecule has 6 heteroatoms. The van der Waals surface area contributed by atoms with Crippen LogP contribution in [0.3, 0.4) is 0 Å². The summed E-state index contributed by atoms with van der Waals surface area (Å²) in [6.45, 7) is 1.71. The summed E-state index contributed by atoms with van der Waals surface area (Å²) in [5.41, 5.74) is 4.43. The van der Waals surface area contributed by atoms with E-state index in [0.717, 1.165) is 16.3 Å². The molecule has 0 aliphatic rings. The lowest BCUT2D eigenvalue weighted by molar-refractivity contribution is 0.0946. The average Bonchev–Trinajstić information content (AvgIpc) is 3.23. The number of carbonyl (C=O) groups excluding carboxylic acids is 1.